The molecule has 0 amide bonds. The van der Waals surface area contributed by atoms with Gasteiger partial charge in [-0.1, -0.05) is 6.07 Å². The Kier molecular flexibility index (Phi) is 3.80. The largest absolute Gasteiger partial charge is 0.395 e. The maximum Gasteiger partial charge on any atom is 0.245 e. The molecule has 1 aromatic rings. The molecule has 0 aromatic heterocycles. The number of sulfonamides is 1. The van der Waals surface area contributed by atoms with Crippen molar-refractivity contribution >= 4 is 15.7 Å². The summed E-state index contributed by atoms with van der Waals surface area (Å²) in [5.41, 5.74) is 5.19. The van der Waals surface area contributed by atoms with Crippen LogP contribution < -0.4 is 5.73 Å². The molecule has 19 heavy (non-hydrogen) atoms. The van der Waals surface area contributed by atoms with E-state index in [2.05, 4.69) is 0 Å². The van der Waals surface area contributed by atoms with E-state index in [1.54, 1.807) is 13.8 Å². The first-order chi connectivity index (χ1) is 8.82. The van der Waals surface area contributed by atoms with Gasteiger partial charge in [-0.05, 0) is 26.0 Å². The lowest BCUT2D eigenvalue weighted by Crippen LogP contribution is -2.48. The molecule has 0 radical (unpaired) electrons. The number of nitrogens with two attached hydrogens (primary N) is 1. The summed E-state index contributed by atoms with van der Waals surface area (Å²) in [4.78, 5) is -0.186. The van der Waals surface area contributed by atoms with Gasteiger partial charge < -0.3 is 10.5 Å². The smallest absolute Gasteiger partial charge is 0.245 e. The molecule has 1 saturated heterocycles. The molecule has 2 N–H and O–H groups in total. The van der Waals surface area contributed by atoms with Crippen molar-refractivity contribution in [1.82, 2.24) is 4.31 Å². The summed E-state index contributed by atoms with van der Waals surface area (Å²) in [6.45, 7) is 4.07. The molecule has 2 rings (SSSR count). The Morgan fingerprint density at radius 3 is 2.47 bits per heavy atom. The lowest BCUT2D eigenvalue weighted by molar-refractivity contribution is -0.0440. The van der Waals surface area contributed by atoms with Gasteiger partial charge in [0.1, 0.15) is 10.7 Å². The van der Waals surface area contributed by atoms with Gasteiger partial charge in [0.2, 0.25) is 10.0 Å². The molecular formula is C12H17FN2O3S. The molecule has 0 bridgehead atoms. The molecule has 1 aliphatic heterocycles. The van der Waals surface area contributed by atoms with Gasteiger partial charge in [0.05, 0.1) is 17.9 Å². The summed E-state index contributed by atoms with van der Waals surface area (Å²) in [5, 5.41) is 0. The predicted octanol–water partition coefficient (Wildman–Crippen LogP) is 1.21. The summed E-state index contributed by atoms with van der Waals surface area (Å²) in [7, 11) is -3.79. The number of nitrogen functional groups attached to an aromatic ring is 1. The molecule has 2 unspecified atom stereocenters. The fourth-order valence-electron chi connectivity index (χ4n) is 2.21. The number of nitrogens with zero attached hydrogens (tertiary/aromatic N) is 1. The first-order valence-electron chi connectivity index (χ1n) is 6.02. The van der Waals surface area contributed by atoms with E-state index in [0.717, 1.165) is 6.07 Å². The van der Waals surface area contributed by atoms with Crippen molar-refractivity contribution in [2.24, 2.45) is 0 Å². The van der Waals surface area contributed by atoms with Gasteiger partial charge in [-0.15, -0.1) is 0 Å². The molecule has 1 fully saturated rings. The lowest BCUT2D eigenvalue weighted by atomic mass is 10.3. The topological polar surface area (TPSA) is 72.6 Å². The third kappa shape index (κ3) is 2.72. The van der Waals surface area contributed by atoms with Gasteiger partial charge in [0.15, 0.2) is 0 Å². The number of anilines is 1. The van der Waals surface area contributed by atoms with Gasteiger partial charge in [-0.3, -0.25) is 0 Å². The van der Waals surface area contributed by atoms with Crippen molar-refractivity contribution in [1.29, 1.82) is 0 Å². The zero-order chi connectivity index (χ0) is 14.2. The van der Waals surface area contributed by atoms with E-state index in [-0.39, 0.29) is 35.9 Å². The summed E-state index contributed by atoms with van der Waals surface area (Å²) in [6, 6.07) is 3.79. The molecular weight excluding hydrogens is 271 g/mol. The molecule has 0 saturated carbocycles. The highest BCUT2D eigenvalue weighted by molar-refractivity contribution is 7.89. The highest BCUT2D eigenvalue weighted by Crippen LogP contribution is 2.26. The molecule has 7 heteroatoms. The lowest BCUT2D eigenvalue weighted by Gasteiger charge is -2.34. The highest BCUT2D eigenvalue weighted by Gasteiger charge is 2.33. The van der Waals surface area contributed by atoms with Crippen LogP contribution in [-0.4, -0.2) is 38.0 Å². The third-order valence-corrected chi connectivity index (χ3v) is 4.91. The molecule has 0 aliphatic carbocycles. The maximum atomic E-state index is 13.4. The van der Waals surface area contributed by atoms with E-state index in [4.69, 9.17) is 10.5 Å². The van der Waals surface area contributed by atoms with Gasteiger partial charge in [-0.2, -0.15) is 4.31 Å². The van der Waals surface area contributed by atoms with Crippen LogP contribution in [0.3, 0.4) is 0 Å². The van der Waals surface area contributed by atoms with Crippen LogP contribution in [0.4, 0.5) is 10.1 Å². The van der Waals surface area contributed by atoms with Crippen LogP contribution >= 0.6 is 0 Å². The minimum Gasteiger partial charge on any atom is -0.395 e. The quantitative estimate of drug-likeness (QED) is 0.830. The summed E-state index contributed by atoms with van der Waals surface area (Å²) in [6.07, 6.45) is -0.401. The number of para-hydroxylation sites is 1. The van der Waals surface area contributed by atoms with E-state index >= 15 is 0 Å². The summed E-state index contributed by atoms with van der Waals surface area (Å²) >= 11 is 0. The van der Waals surface area contributed by atoms with Crippen LogP contribution in [0.25, 0.3) is 0 Å². The first-order valence-corrected chi connectivity index (χ1v) is 7.46. The fraction of sp³-hybridized carbons (Fsp3) is 0.500. The van der Waals surface area contributed by atoms with Crippen LogP contribution in [0.5, 0.6) is 0 Å². The summed E-state index contributed by atoms with van der Waals surface area (Å²) < 4.78 is 45.1. The minimum atomic E-state index is -3.79. The Hall–Kier alpha value is -1.18. The van der Waals surface area contributed by atoms with Crippen LogP contribution in [0.15, 0.2) is 23.1 Å². The number of halogens is 1. The van der Waals surface area contributed by atoms with Crippen molar-refractivity contribution in [2.45, 2.75) is 31.0 Å². The van der Waals surface area contributed by atoms with E-state index < -0.39 is 15.8 Å². The zero-order valence-corrected chi connectivity index (χ0v) is 11.7. The van der Waals surface area contributed by atoms with E-state index in [1.807, 2.05) is 0 Å². The second-order valence-corrected chi connectivity index (χ2v) is 6.64. The standard InChI is InChI=1S/C12H17FN2O3S/c1-8-6-15(7-9(2)18-8)19(16,17)11-5-3-4-10(13)12(11)14/h3-5,8-9H,6-7,14H2,1-2H3. The minimum absolute atomic E-state index is 0.186. The number of rotatable bonds is 2. The molecule has 2 atom stereocenters. The Bertz CT molecular complexity index is 566. The van der Waals surface area contributed by atoms with E-state index in [9.17, 15) is 12.8 Å². The zero-order valence-electron chi connectivity index (χ0n) is 10.8. The number of hydrogen-bond donors (Lipinski definition) is 1. The number of ether oxygens (including phenoxy) is 1. The average molecular weight is 288 g/mol. The van der Waals surface area contributed by atoms with E-state index in [1.165, 1.54) is 16.4 Å². The monoisotopic (exact) mass is 288 g/mol. The normalized spacial score (nSPS) is 25.4. The molecule has 5 nitrogen and oxygen atoms in total. The van der Waals surface area contributed by atoms with E-state index in [0.29, 0.717) is 0 Å². The number of hydrogen-bond acceptors (Lipinski definition) is 4. The first kappa shape index (κ1) is 14.2. The van der Waals surface area contributed by atoms with Crippen molar-refractivity contribution in [2.75, 3.05) is 18.8 Å². The Morgan fingerprint density at radius 1 is 1.32 bits per heavy atom. The van der Waals surface area contributed by atoms with Gasteiger partial charge in [-0.25, -0.2) is 12.8 Å². The Labute approximate surface area is 112 Å². The van der Waals surface area contributed by atoms with Crippen molar-refractivity contribution in [3.8, 4) is 0 Å². The molecule has 106 valence electrons. The molecule has 1 aliphatic rings. The van der Waals surface area contributed by atoms with Gasteiger partial charge >= 0.3 is 0 Å². The Morgan fingerprint density at radius 2 is 1.89 bits per heavy atom. The molecule has 1 aromatic carbocycles. The summed E-state index contributed by atoms with van der Waals surface area (Å²) in [5.74, 6) is -0.726. The van der Waals surface area contributed by atoms with Crippen LogP contribution in [-0.2, 0) is 14.8 Å². The number of benzene rings is 1. The molecule has 1 heterocycles. The number of morpholine rings is 1. The third-order valence-electron chi connectivity index (χ3n) is 3.02. The maximum absolute atomic E-state index is 13.4. The van der Waals surface area contributed by atoms with Crippen LogP contribution in [0.2, 0.25) is 0 Å². The van der Waals surface area contributed by atoms with Crippen LogP contribution in [0, 0.1) is 5.82 Å². The Balaban J connectivity index is 2.39. The predicted molar refractivity (Wildman–Crippen MR) is 69.6 cm³/mol. The van der Waals surface area contributed by atoms with Crippen LogP contribution in [0.1, 0.15) is 13.8 Å². The SMILES string of the molecule is CC1CN(S(=O)(=O)c2cccc(F)c2N)CC(C)O1. The average Bonchev–Trinajstić information content (AvgIpc) is 2.31. The van der Waals surface area contributed by atoms with Crippen molar-refractivity contribution in [3.63, 3.8) is 0 Å². The second kappa shape index (κ2) is 5.07. The van der Waals surface area contributed by atoms with Gasteiger partial charge in [0, 0.05) is 13.1 Å². The van der Waals surface area contributed by atoms with Gasteiger partial charge in [0.25, 0.3) is 0 Å². The van der Waals surface area contributed by atoms with Crippen molar-refractivity contribution < 1.29 is 17.5 Å². The van der Waals surface area contributed by atoms with Crippen molar-refractivity contribution in [3.05, 3.63) is 24.0 Å². The highest BCUT2D eigenvalue weighted by atomic mass is 32.2. The fourth-order valence-corrected chi connectivity index (χ4v) is 3.92. The molecule has 0 spiro atoms. The second-order valence-electron chi connectivity index (χ2n) is 4.73.